The first-order valence-corrected chi connectivity index (χ1v) is 3.11. The molecule has 0 amide bonds. The van der Waals surface area contributed by atoms with E-state index >= 15 is 0 Å². The third-order valence-corrected chi connectivity index (χ3v) is 1.25. The van der Waals surface area contributed by atoms with Crippen LogP contribution in [0.15, 0.2) is 12.3 Å². The fourth-order valence-electron chi connectivity index (χ4n) is 0.354. The summed E-state index contributed by atoms with van der Waals surface area (Å²) in [5.41, 5.74) is 0.0891. The number of allylic oxidation sites excluding steroid dienone is 1. The summed E-state index contributed by atoms with van der Waals surface area (Å²) in [6.07, 6.45) is 3.90. The number of hydrogen-bond donors (Lipinski definition) is 0. The van der Waals surface area contributed by atoms with Gasteiger partial charge in [0.2, 0.25) is 0 Å². The lowest BCUT2D eigenvalue weighted by atomic mass is 10.6. The second kappa shape index (κ2) is 3.79. The highest BCUT2D eigenvalue weighted by Crippen LogP contribution is 1.99. The molecule has 2 heteroatoms. The van der Waals surface area contributed by atoms with Crippen molar-refractivity contribution in [3.63, 3.8) is 0 Å². The van der Waals surface area contributed by atoms with Gasteiger partial charge in [-0.2, -0.15) is 0 Å². The van der Waals surface area contributed by atoms with E-state index in [1.807, 2.05) is 38.1 Å². The van der Waals surface area contributed by atoms with Crippen LogP contribution < -0.4 is 0 Å². The molecular weight excluding hydrogens is 122 g/mol. The Balaban J connectivity index is 3.47. The summed E-state index contributed by atoms with van der Waals surface area (Å²) in [4.78, 5) is 1.93. The van der Waals surface area contributed by atoms with Gasteiger partial charge in [-0.15, -0.1) is 0 Å². The molecule has 0 aliphatic heterocycles. The van der Waals surface area contributed by atoms with Crippen molar-refractivity contribution in [3.8, 4) is 0 Å². The molecule has 0 heterocycles. The minimum absolute atomic E-state index is 0.0891. The lowest BCUT2D eigenvalue weighted by Crippen LogP contribution is -2.16. The predicted octanol–water partition coefficient (Wildman–Crippen LogP) is 2.04. The maximum absolute atomic E-state index is 5.68. The Morgan fingerprint density at radius 1 is 1.62 bits per heavy atom. The Kier molecular flexibility index (Phi) is 3.71. The summed E-state index contributed by atoms with van der Waals surface area (Å²) in [5.74, 6) is 0. The van der Waals surface area contributed by atoms with Crippen molar-refractivity contribution in [3.05, 3.63) is 12.3 Å². The van der Waals surface area contributed by atoms with Crippen LogP contribution in [0.3, 0.4) is 0 Å². The highest BCUT2D eigenvalue weighted by molar-refractivity contribution is 6.20. The summed E-state index contributed by atoms with van der Waals surface area (Å²) in [5, 5.41) is 0. The molecule has 0 rings (SSSR count). The molecule has 1 unspecified atom stereocenters. The minimum Gasteiger partial charge on any atom is -0.365 e. The normalized spacial score (nSPS) is 14.5. The third-order valence-electron chi connectivity index (χ3n) is 0.945. The topological polar surface area (TPSA) is 3.24 Å². The minimum atomic E-state index is 0.0891. The van der Waals surface area contributed by atoms with Gasteiger partial charge in [-0.05, 0) is 20.0 Å². The van der Waals surface area contributed by atoms with Crippen LogP contribution in [0.2, 0.25) is 0 Å². The average molecular weight is 134 g/mol. The van der Waals surface area contributed by atoms with E-state index in [1.165, 1.54) is 0 Å². The van der Waals surface area contributed by atoms with Gasteiger partial charge in [0.15, 0.2) is 0 Å². The van der Waals surface area contributed by atoms with Gasteiger partial charge >= 0.3 is 0 Å². The molecular formula is C6H12ClN. The molecule has 0 spiro atoms. The highest BCUT2D eigenvalue weighted by atomic mass is 35.5. The molecule has 0 aromatic heterocycles. The molecule has 0 aliphatic carbocycles. The molecule has 0 bridgehead atoms. The van der Waals surface area contributed by atoms with Crippen LogP contribution in [-0.4, -0.2) is 17.4 Å². The van der Waals surface area contributed by atoms with E-state index in [4.69, 9.17) is 11.6 Å². The first kappa shape index (κ1) is 7.83. The Bertz CT molecular complexity index is 78.6. The van der Waals surface area contributed by atoms with E-state index in [-0.39, 0.29) is 5.50 Å². The van der Waals surface area contributed by atoms with Gasteiger partial charge < -0.3 is 4.90 Å². The van der Waals surface area contributed by atoms with Crippen molar-refractivity contribution in [1.29, 1.82) is 0 Å². The molecule has 8 heavy (non-hydrogen) atoms. The van der Waals surface area contributed by atoms with Crippen molar-refractivity contribution in [2.24, 2.45) is 0 Å². The number of rotatable bonds is 2. The lowest BCUT2D eigenvalue weighted by Gasteiger charge is -2.15. The van der Waals surface area contributed by atoms with E-state index in [1.54, 1.807) is 0 Å². The van der Waals surface area contributed by atoms with E-state index in [9.17, 15) is 0 Å². The Morgan fingerprint density at radius 3 is 2.25 bits per heavy atom. The van der Waals surface area contributed by atoms with Gasteiger partial charge in [-0.1, -0.05) is 17.7 Å². The van der Waals surface area contributed by atoms with E-state index < -0.39 is 0 Å². The van der Waals surface area contributed by atoms with Crippen LogP contribution >= 0.6 is 11.6 Å². The van der Waals surface area contributed by atoms with Gasteiger partial charge in [0.1, 0.15) is 5.50 Å². The Hall–Kier alpha value is -0.170. The smallest absolute Gasteiger partial charge is 0.100 e. The third kappa shape index (κ3) is 2.92. The summed E-state index contributed by atoms with van der Waals surface area (Å²) in [6, 6.07) is 0. The van der Waals surface area contributed by atoms with Crippen LogP contribution in [0.5, 0.6) is 0 Å². The molecule has 1 nitrogen and oxygen atoms in total. The molecule has 0 radical (unpaired) electrons. The van der Waals surface area contributed by atoms with E-state index in [0.717, 1.165) is 0 Å². The molecule has 1 atom stereocenters. The van der Waals surface area contributed by atoms with Crippen LogP contribution in [0.4, 0.5) is 0 Å². The monoisotopic (exact) mass is 133 g/mol. The van der Waals surface area contributed by atoms with Crippen LogP contribution in [0, 0.1) is 0 Å². The summed E-state index contributed by atoms with van der Waals surface area (Å²) < 4.78 is 0. The maximum atomic E-state index is 5.68. The molecule has 0 aliphatic rings. The van der Waals surface area contributed by atoms with Gasteiger partial charge in [0, 0.05) is 7.05 Å². The van der Waals surface area contributed by atoms with Gasteiger partial charge in [-0.25, -0.2) is 0 Å². The van der Waals surface area contributed by atoms with Crippen LogP contribution in [0.1, 0.15) is 13.8 Å². The van der Waals surface area contributed by atoms with E-state index in [0.29, 0.717) is 0 Å². The highest BCUT2D eigenvalue weighted by Gasteiger charge is 1.95. The fraction of sp³-hybridized carbons (Fsp3) is 0.667. The summed E-state index contributed by atoms with van der Waals surface area (Å²) in [6.45, 7) is 3.90. The Labute approximate surface area is 55.9 Å². The van der Waals surface area contributed by atoms with Crippen molar-refractivity contribution in [2.75, 3.05) is 7.05 Å². The number of nitrogens with zero attached hydrogens (tertiary/aromatic N) is 1. The van der Waals surface area contributed by atoms with Crippen LogP contribution in [0.25, 0.3) is 0 Å². The van der Waals surface area contributed by atoms with Gasteiger partial charge in [0.25, 0.3) is 0 Å². The van der Waals surface area contributed by atoms with Crippen molar-refractivity contribution >= 4 is 11.6 Å². The second-order valence-electron chi connectivity index (χ2n) is 1.72. The zero-order valence-corrected chi connectivity index (χ0v) is 6.31. The average Bonchev–Trinajstić information content (AvgIpc) is 1.67. The number of halogens is 1. The second-order valence-corrected chi connectivity index (χ2v) is 2.35. The fourth-order valence-corrected chi connectivity index (χ4v) is 0.419. The van der Waals surface area contributed by atoms with E-state index in [2.05, 4.69) is 0 Å². The maximum Gasteiger partial charge on any atom is 0.100 e. The molecule has 0 aromatic rings. The SMILES string of the molecule is C/C=C/N(C)C(C)Cl. The molecule has 48 valence electrons. The summed E-state index contributed by atoms with van der Waals surface area (Å²) >= 11 is 5.68. The van der Waals surface area contributed by atoms with Gasteiger partial charge in [0.05, 0.1) is 0 Å². The first-order chi connectivity index (χ1) is 3.68. The lowest BCUT2D eigenvalue weighted by molar-refractivity contribution is 0.442. The summed E-state index contributed by atoms with van der Waals surface area (Å²) in [7, 11) is 1.94. The molecule has 0 saturated heterocycles. The molecule has 0 aromatic carbocycles. The molecule has 0 fully saturated rings. The van der Waals surface area contributed by atoms with Crippen molar-refractivity contribution < 1.29 is 0 Å². The predicted molar refractivity (Wildman–Crippen MR) is 37.9 cm³/mol. The van der Waals surface area contributed by atoms with Crippen LogP contribution in [-0.2, 0) is 0 Å². The molecule has 0 saturated carbocycles. The zero-order chi connectivity index (χ0) is 6.57. The number of alkyl halides is 1. The standard InChI is InChI=1S/C6H12ClN/c1-4-5-8(3)6(2)7/h4-6H,1-3H3/b5-4+. The first-order valence-electron chi connectivity index (χ1n) is 2.67. The number of hydrogen-bond acceptors (Lipinski definition) is 1. The van der Waals surface area contributed by atoms with Crippen molar-refractivity contribution in [2.45, 2.75) is 19.3 Å². The zero-order valence-electron chi connectivity index (χ0n) is 5.56. The molecule has 0 N–H and O–H groups in total. The largest absolute Gasteiger partial charge is 0.365 e. The quantitative estimate of drug-likeness (QED) is 0.412. The Morgan fingerprint density at radius 2 is 2.12 bits per heavy atom. The van der Waals surface area contributed by atoms with Gasteiger partial charge in [-0.3, -0.25) is 0 Å². The van der Waals surface area contributed by atoms with Crippen molar-refractivity contribution in [1.82, 2.24) is 4.90 Å².